The Balaban J connectivity index is 2.39. The Morgan fingerprint density at radius 3 is 2.22 bits per heavy atom. The largest absolute Gasteiger partial charge is 0.295 e. The fourth-order valence-electron chi connectivity index (χ4n) is 2.79. The van der Waals surface area contributed by atoms with Crippen molar-refractivity contribution in [1.82, 2.24) is 0 Å². The van der Waals surface area contributed by atoms with Crippen molar-refractivity contribution in [3.63, 3.8) is 0 Å². The molecule has 2 rings (SSSR count). The second kappa shape index (κ2) is 4.50. The van der Waals surface area contributed by atoms with Crippen LogP contribution in [0.1, 0.15) is 26.7 Å². The van der Waals surface area contributed by atoms with Crippen LogP contribution in [0.3, 0.4) is 0 Å². The standard InChI is InChI=1S/C16H22OSi/c1-16(2)11-13(17)10-15(12-16)18(3,4)14-8-6-5-7-9-14/h5-10H,11-12H2,1-4H3. The van der Waals surface area contributed by atoms with Gasteiger partial charge in [0.2, 0.25) is 0 Å². The number of rotatable bonds is 2. The Kier molecular flexibility index (Phi) is 3.32. The summed E-state index contributed by atoms with van der Waals surface area (Å²) < 4.78 is 0. The van der Waals surface area contributed by atoms with Gasteiger partial charge in [-0.2, -0.15) is 0 Å². The van der Waals surface area contributed by atoms with Crippen LogP contribution in [0.2, 0.25) is 13.1 Å². The van der Waals surface area contributed by atoms with Gasteiger partial charge in [-0.1, -0.05) is 67.7 Å². The van der Waals surface area contributed by atoms with Crippen LogP contribution in [0.25, 0.3) is 0 Å². The lowest BCUT2D eigenvalue weighted by atomic mass is 9.80. The van der Waals surface area contributed by atoms with Gasteiger partial charge in [0, 0.05) is 6.42 Å². The Hall–Kier alpha value is -1.15. The molecule has 0 saturated carbocycles. The van der Waals surface area contributed by atoms with Gasteiger partial charge in [0.05, 0.1) is 0 Å². The maximum absolute atomic E-state index is 11.9. The minimum Gasteiger partial charge on any atom is -0.295 e. The van der Waals surface area contributed by atoms with Crippen molar-refractivity contribution in [2.45, 2.75) is 39.8 Å². The van der Waals surface area contributed by atoms with Crippen LogP contribution >= 0.6 is 0 Å². The van der Waals surface area contributed by atoms with E-state index in [1.54, 1.807) is 0 Å². The topological polar surface area (TPSA) is 17.1 Å². The summed E-state index contributed by atoms with van der Waals surface area (Å²) in [4.78, 5) is 11.9. The summed E-state index contributed by atoms with van der Waals surface area (Å²) in [6, 6.07) is 10.7. The molecule has 1 nitrogen and oxygen atoms in total. The van der Waals surface area contributed by atoms with Crippen molar-refractivity contribution in [2.75, 3.05) is 0 Å². The zero-order valence-electron chi connectivity index (χ0n) is 11.8. The van der Waals surface area contributed by atoms with Crippen LogP contribution in [0.4, 0.5) is 0 Å². The summed E-state index contributed by atoms with van der Waals surface area (Å²) >= 11 is 0. The SMILES string of the molecule is CC1(C)CC(=O)C=C([Si](C)(C)c2ccccc2)C1. The monoisotopic (exact) mass is 258 g/mol. The Bertz CT molecular complexity index is 483. The van der Waals surface area contributed by atoms with Gasteiger partial charge in [-0.25, -0.2) is 0 Å². The zero-order valence-corrected chi connectivity index (χ0v) is 12.8. The number of allylic oxidation sites excluding steroid dienone is 2. The highest BCUT2D eigenvalue weighted by Crippen LogP contribution is 2.37. The van der Waals surface area contributed by atoms with Gasteiger partial charge in [0.1, 0.15) is 8.07 Å². The molecule has 0 unspecified atom stereocenters. The molecule has 1 aromatic carbocycles. The van der Waals surface area contributed by atoms with E-state index in [2.05, 4.69) is 57.3 Å². The van der Waals surface area contributed by atoms with Gasteiger partial charge in [-0.3, -0.25) is 4.79 Å². The molecule has 0 fully saturated rings. The predicted molar refractivity (Wildman–Crippen MR) is 79.7 cm³/mol. The van der Waals surface area contributed by atoms with Crippen LogP contribution in [-0.2, 0) is 4.79 Å². The first-order chi connectivity index (χ1) is 8.31. The summed E-state index contributed by atoms with van der Waals surface area (Å²) in [5, 5.41) is 2.82. The van der Waals surface area contributed by atoms with Gasteiger partial charge >= 0.3 is 0 Å². The molecule has 1 aliphatic carbocycles. The first-order valence-electron chi connectivity index (χ1n) is 6.61. The zero-order chi connectivity index (χ0) is 13.4. The van der Waals surface area contributed by atoms with E-state index >= 15 is 0 Å². The molecule has 0 spiro atoms. The minimum atomic E-state index is -1.67. The van der Waals surface area contributed by atoms with Crippen molar-refractivity contribution in [3.05, 3.63) is 41.6 Å². The lowest BCUT2D eigenvalue weighted by molar-refractivity contribution is -0.116. The van der Waals surface area contributed by atoms with Gasteiger partial charge in [0.25, 0.3) is 0 Å². The smallest absolute Gasteiger partial charge is 0.155 e. The van der Waals surface area contributed by atoms with E-state index in [0.29, 0.717) is 12.2 Å². The molecule has 0 bridgehead atoms. The molecule has 96 valence electrons. The van der Waals surface area contributed by atoms with Crippen molar-refractivity contribution in [3.8, 4) is 0 Å². The Labute approximate surface area is 111 Å². The average Bonchev–Trinajstić information content (AvgIpc) is 2.27. The third-order valence-corrected chi connectivity index (χ3v) is 7.66. The summed E-state index contributed by atoms with van der Waals surface area (Å²) in [6.45, 7) is 9.10. The Morgan fingerprint density at radius 2 is 1.67 bits per heavy atom. The Morgan fingerprint density at radius 1 is 1.06 bits per heavy atom. The molecule has 0 atom stereocenters. The molecule has 0 amide bonds. The third kappa shape index (κ3) is 2.64. The van der Waals surface area contributed by atoms with E-state index in [1.807, 2.05) is 6.08 Å². The molecular formula is C16H22OSi. The molecule has 2 heteroatoms. The van der Waals surface area contributed by atoms with Crippen molar-refractivity contribution in [2.24, 2.45) is 5.41 Å². The molecular weight excluding hydrogens is 236 g/mol. The predicted octanol–water partition coefficient (Wildman–Crippen LogP) is 3.46. The van der Waals surface area contributed by atoms with E-state index in [1.165, 1.54) is 10.4 Å². The molecule has 18 heavy (non-hydrogen) atoms. The molecule has 1 aliphatic rings. The molecule has 0 aliphatic heterocycles. The quantitative estimate of drug-likeness (QED) is 0.743. The number of carbonyl (C=O) groups excluding carboxylic acids is 1. The molecule has 0 heterocycles. The normalized spacial score (nSPS) is 19.6. The van der Waals surface area contributed by atoms with Crippen LogP contribution in [0.5, 0.6) is 0 Å². The number of hydrogen-bond acceptors (Lipinski definition) is 1. The van der Waals surface area contributed by atoms with E-state index < -0.39 is 8.07 Å². The molecule has 1 aromatic rings. The van der Waals surface area contributed by atoms with E-state index in [0.717, 1.165) is 6.42 Å². The number of benzene rings is 1. The van der Waals surface area contributed by atoms with Crippen LogP contribution in [-0.4, -0.2) is 13.9 Å². The molecule has 0 saturated heterocycles. The maximum Gasteiger partial charge on any atom is 0.155 e. The van der Waals surface area contributed by atoms with Crippen LogP contribution in [0.15, 0.2) is 41.6 Å². The maximum atomic E-state index is 11.9. The fourth-order valence-corrected chi connectivity index (χ4v) is 5.63. The lowest BCUT2D eigenvalue weighted by Gasteiger charge is -2.36. The third-order valence-electron chi connectivity index (χ3n) is 3.96. The van der Waals surface area contributed by atoms with E-state index in [-0.39, 0.29) is 5.41 Å². The lowest BCUT2D eigenvalue weighted by Crippen LogP contribution is -2.46. The minimum absolute atomic E-state index is 0.125. The first-order valence-corrected chi connectivity index (χ1v) is 9.61. The van der Waals surface area contributed by atoms with Gasteiger partial charge in [0.15, 0.2) is 5.78 Å². The summed E-state index contributed by atoms with van der Waals surface area (Å²) in [7, 11) is -1.67. The second-order valence-corrected chi connectivity index (χ2v) is 11.1. The fraction of sp³-hybridized carbons (Fsp3) is 0.438. The van der Waals surface area contributed by atoms with Crippen molar-refractivity contribution >= 4 is 19.0 Å². The summed E-state index contributed by atoms with van der Waals surface area (Å²) in [5.41, 5.74) is 0.125. The number of carbonyl (C=O) groups is 1. The van der Waals surface area contributed by atoms with Crippen molar-refractivity contribution < 1.29 is 4.79 Å². The first kappa shape index (κ1) is 13.3. The van der Waals surface area contributed by atoms with E-state index in [9.17, 15) is 4.79 Å². The van der Waals surface area contributed by atoms with E-state index in [4.69, 9.17) is 0 Å². The summed E-state index contributed by atoms with van der Waals surface area (Å²) in [5.74, 6) is 0.303. The number of ketones is 1. The van der Waals surface area contributed by atoms with Gasteiger partial charge < -0.3 is 0 Å². The van der Waals surface area contributed by atoms with Gasteiger partial charge in [-0.05, 0) is 17.9 Å². The highest BCUT2D eigenvalue weighted by molar-refractivity contribution is 6.95. The molecule has 0 aromatic heterocycles. The van der Waals surface area contributed by atoms with Crippen molar-refractivity contribution in [1.29, 1.82) is 0 Å². The highest BCUT2D eigenvalue weighted by atomic mass is 28.3. The average molecular weight is 258 g/mol. The number of hydrogen-bond donors (Lipinski definition) is 0. The second-order valence-electron chi connectivity index (χ2n) is 6.64. The molecule has 0 radical (unpaired) electrons. The van der Waals surface area contributed by atoms with Crippen LogP contribution in [0, 0.1) is 5.41 Å². The molecule has 0 N–H and O–H groups in total. The highest BCUT2D eigenvalue weighted by Gasteiger charge is 2.36. The summed E-state index contributed by atoms with van der Waals surface area (Å²) in [6.07, 6.45) is 3.69. The van der Waals surface area contributed by atoms with Gasteiger partial charge in [-0.15, -0.1) is 0 Å². The van der Waals surface area contributed by atoms with Crippen LogP contribution < -0.4 is 5.19 Å².